The van der Waals surface area contributed by atoms with Gasteiger partial charge in [-0.25, -0.2) is 0 Å². The molecule has 0 aliphatic carbocycles. The normalized spacial score (nSPS) is 11.8. The lowest BCUT2D eigenvalue weighted by Crippen LogP contribution is -2.18. The van der Waals surface area contributed by atoms with Crippen molar-refractivity contribution in [2.45, 2.75) is 26.7 Å². The summed E-state index contributed by atoms with van der Waals surface area (Å²) in [5.74, 6) is 0. The van der Waals surface area contributed by atoms with E-state index in [9.17, 15) is 0 Å². The van der Waals surface area contributed by atoms with E-state index in [-0.39, 0.29) is 0 Å². The standard InChI is InChI=1S/C18H25N/c1-5-8-14-19(4)18-13-9-12-17(15-18)16(10-6-2)11-7-3/h6-7,9-13,15H,2,5,8,14H2,1,3-4H3/b11-7-,16-10+. The van der Waals surface area contributed by atoms with Crippen LogP contribution < -0.4 is 4.90 Å². The molecule has 0 saturated heterocycles. The summed E-state index contributed by atoms with van der Waals surface area (Å²) in [7, 11) is 2.15. The molecule has 0 radical (unpaired) electrons. The van der Waals surface area contributed by atoms with Gasteiger partial charge in [0, 0.05) is 19.3 Å². The van der Waals surface area contributed by atoms with Crippen molar-refractivity contribution in [2.24, 2.45) is 0 Å². The van der Waals surface area contributed by atoms with Gasteiger partial charge in [-0.1, -0.05) is 56.4 Å². The van der Waals surface area contributed by atoms with Gasteiger partial charge in [-0.05, 0) is 36.6 Å². The van der Waals surface area contributed by atoms with Gasteiger partial charge in [0.25, 0.3) is 0 Å². The molecule has 0 heterocycles. The Hall–Kier alpha value is -1.76. The highest BCUT2D eigenvalue weighted by atomic mass is 15.1. The number of anilines is 1. The second-order valence-corrected chi connectivity index (χ2v) is 4.68. The molecule has 0 N–H and O–H groups in total. The first-order chi connectivity index (χ1) is 9.22. The van der Waals surface area contributed by atoms with Crippen molar-refractivity contribution >= 4 is 11.3 Å². The first-order valence-corrected chi connectivity index (χ1v) is 7.00. The summed E-state index contributed by atoms with van der Waals surface area (Å²) in [6.07, 6.45) is 10.5. The van der Waals surface area contributed by atoms with E-state index in [4.69, 9.17) is 0 Å². The zero-order valence-corrected chi connectivity index (χ0v) is 12.4. The first-order valence-electron chi connectivity index (χ1n) is 7.00. The average molecular weight is 255 g/mol. The molecule has 19 heavy (non-hydrogen) atoms. The molecule has 1 nitrogen and oxygen atoms in total. The van der Waals surface area contributed by atoms with E-state index in [2.05, 4.69) is 61.9 Å². The van der Waals surface area contributed by atoms with Crippen molar-refractivity contribution in [1.82, 2.24) is 0 Å². The molecule has 0 aliphatic heterocycles. The molecular formula is C18H25N. The van der Waals surface area contributed by atoms with Gasteiger partial charge < -0.3 is 4.90 Å². The molecule has 102 valence electrons. The molecule has 1 aromatic rings. The summed E-state index contributed by atoms with van der Waals surface area (Å²) in [6, 6.07) is 8.67. The van der Waals surface area contributed by atoms with Crippen LogP contribution in [0.1, 0.15) is 32.3 Å². The smallest absolute Gasteiger partial charge is 0.0369 e. The monoisotopic (exact) mass is 255 g/mol. The molecule has 0 aromatic heterocycles. The minimum atomic E-state index is 1.10. The SMILES string of the molecule is C=C/C=C(\C=C/C)c1cccc(N(C)CCCC)c1. The maximum atomic E-state index is 3.79. The van der Waals surface area contributed by atoms with Crippen LogP contribution >= 0.6 is 0 Å². The predicted molar refractivity (Wildman–Crippen MR) is 87.6 cm³/mol. The Balaban J connectivity index is 2.98. The van der Waals surface area contributed by atoms with E-state index in [1.165, 1.54) is 29.7 Å². The molecule has 1 rings (SSSR count). The number of hydrogen-bond acceptors (Lipinski definition) is 1. The van der Waals surface area contributed by atoms with Crippen molar-refractivity contribution in [3.05, 3.63) is 60.7 Å². The quantitative estimate of drug-likeness (QED) is 0.615. The van der Waals surface area contributed by atoms with Crippen LogP contribution in [-0.2, 0) is 0 Å². The number of unbranched alkanes of at least 4 members (excludes halogenated alkanes) is 1. The lowest BCUT2D eigenvalue weighted by Gasteiger charge is -2.19. The second kappa shape index (κ2) is 8.36. The van der Waals surface area contributed by atoms with Crippen LogP contribution in [0.2, 0.25) is 0 Å². The zero-order chi connectivity index (χ0) is 14.1. The summed E-state index contributed by atoms with van der Waals surface area (Å²) >= 11 is 0. The van der Waals surface area contributed by atoms with Gasteiger partial charge in [0.1, 0.15) is 0 Å². The third-order valence-corrected chi connectivity index (χ3v) is 3.11. The fourth-order valence-corrected chi connectivity index (χ4v) is 2.00. The summed E-state index contributed by atoms with van der Waals surface area (Å²) in [6.45, 7) is 9.15. The van der Waals surface area contributed by atoms with Crippen LogP contribution in [0.3, 0.4) is 0 Å². The summed E-state index contributed by atoms with van der Waals surface area (Å²) in [4.78, 5) is 2.31. The zero-order valence-electron chi connectivity index (χ0n) is 12.4. The third-order valence-electron chi connectivity index (χ3n) is 3.11. The number of nitrogens with zero attached hydrogens (tertiary/aromatic N) is 1. The lowest BCUT2D eigenvalue weighted by atomic mass is 10.0. The summed E-state index contributed by atoms with van der Waals surface area (Å²) < 4.78 is 0. The topological polar surface area (TPSA) is 3.24 Å². The maximum Gasteiger partial charge on any atom is 0.0369 e. The lowest BCUT2D eigenvalue weighted by molar-refractivity contribution is 0.766. The van der Waals surface area contributed by atoms with Gasteiger partial charge in [0.15, 0.2) is 0 Å². The minimum Gasteiger partial charge on any atom is -0.375 e. The van der Waals surface area contributed by atoms with Gasteiger partial charge in [-0.3, -0.25) is 0 Å². The van der Waals surface area contributed by atoms with E-state index in [0.29, 0.717) is 0 Å². The molecular weight excluding hydrogens is 230 g/mol. The van der Waals surface area contributed by atoms with Crippen molar-refractivity contribution in [3.63, 3.8) is 0 Å². The Labute approximate surface area is 118 Å². The van der Waals surface area contributed by atoms with Crippen molar-refractivity contribution in [1.29, 1.82) is 0 Å². The Kier molecular flexibility index (Phi) is 6.73. The molecule has 0 saturated carbocycles. The van der Waals surface area contributed by atoms with E-state index in [1.54, 1.807) is 0 Å². The largest absolute Gasteiger partial charge is 0.375 e. The molecule has 0 bridgehead atoms. The fourth-order valence-electron chi connectivity index (χ4n) is 2.00. The Morgan fingerprint density at radius 2 is 2.16 bits per heavy atom. The molecule has 1 aromatic carbocycles. The van der Waals surface area contributed by atoms with Crippen molar-refractivity contribution < 1.29 is 0 Å². The first kappa shape index (κ1) is 15.3. The number of benzene rings is 1. The third kappa shape index (κ3) is 4.78. The average Bonchev–Trinajstić information content (AvgIpc) is 2.44. The van der Waals surface area contributed by atoms with Crippen molar-refractivity contribution in [2.75, 3.05) is 18.5 Å². The summed E-state index contributed by atoms with van der Waals surface area (Å²) in [5.41, 5.74) is 3.70. The van der Waals surface area contributed by atoms with Crippen LogP contribution in [0.15, 0.2) is 55.1 Å². The second-order valence-electron chi connectivity index (χ2n) is 4.68. The molecule has 0 amide bonds. The van der Waals surface area contributed by atoms with Gasteiger partial charge in [0.05, 0.1) is 0 Å². The molecule has 1 heteroatoms. The van der Waals surface area contributed by atoms with Gasteiger partial charge in [0.2, 0.25) is 0 Å². The highest BCUT2D eigenvalue weighted by Crippen LogP contribution is 2.22. The molecule has 0 fully saturated rings. The predicted octanol–water partition coefficient (Wildman–Crippen LogP) is 5.07. The summed E-state index contributed by atoms with van der Waals surface area (Å²) in [5, 5.41) is 0. The van der Waals surface area contributed by atoms with E-state index >= 15 is 0 Å². The highest BCUT2D eigenvalue weighted by molar-refractivity contribution is 5.77. The van der Waals surface area contributed by atoms with Gasteiger partial charge in [-0.15, -0.1) is 0 Å². The van der Waals surface area contributed by atoms with E-state index < -0.39 is 0 Å². The van der Waals surface area contributed by atoms with Crippen LogP contribution in [0.5, 0.6) is 0 Å². The van der Waals surface area contributed by atoms with E-state index in [0.717, 1.165) is 6.54 Å². The Bertz CT molecular complexity index is 455. The molecule has 0 aliphatic rings. The minimum absolute atomic E-state index is 1.10. The fraction of sp³-hybridized carbons (Fsp3) is 0.333. The Morgan fingerprint density at radius 1 is 1.37 bits per heavy atom. The number of allylic oxidation sites excluding steroid dienone is 5. The van der Waals surface area contributed by atoms with E-state index in [1.807, 2.05) is 19.1 Å². The van der Waals surface area contributed by atoms with Crippen LogP contribution in [0, 0.1) is 0 Å². The Morgan fingerprint density at radius 3 is 2.79 bits per heavy atom. The van der Waals surface area contributed by atoms with Crippen molar-refractivity contribution in [3.8, 4) is 0 Å². The molecule has 0 atom stereocenters. The number of rotatable bonds is 7. The number of hydrogen-bond donors (Lipinski definition) is 0. The van der Waals surface area contributed by atoms with Crippen LogP contribution in [0.25, 0.3) is 5.57 Å². The highest BCUT2D eigenvalue weighted by Gasteiger charge is 2.03. The van der Waals surface area contributed by atoms with Gasteiger partial charge >= 0.3 is 0 Å². The maximum absolute atomic E-state index is 3.79. The van der Waals surface area contributed by atoms with Gasteiger partial charge in [-0.2, -0.15) is 0 Å². The van der Waals surface area contributed by atoms with Crippen LogP contribution in [-0.4, -0.2) is 13.6 Å². The van der Waals surface area contributed by atoms with Crippen LogP contribution in [0.4, 0.5) is 5.69 Å². The molecule has 0 spiro atoms. The molecule has 0 unspecified atom stereocenters.